The van der Waals surface area contributed by atoms with Crippen LogP contribution in [-0.4, -0.2) is 76.8 Å². The molecule has 14 heteroatoms. The predicted molar refractivity (Wildman–Crippen MR) is 97.2 cm³/mol. The van der Waals surface area contributed by atoms with Gasteiger partial charge in [-0.2, -0.15) is 0 Å². The molecule has 1 saturated heterocycles. The van der Waals surface area contributed by atoms with Crippen LogP contribution in [0.3, 0.4) is 0 Å². The average molecular weight is 481 g/mol. The van der Waals surface area contributed by atoms with Crippen molar-refractivity contribution in [3.63, 3.8) is 0 Å². The molecule has 0 aromatic heterocycles. The molecule has 0 aliphatic carbocycles. The van der Waals surface area contributed by atoms with E-state index in [-0.39, 0.29) is 0 Å². The second-order valence-electron chi connectivity index (χ2n) is 5.88. The molecule has 1 rings (SSSR count). The predicted octanol–water partition coefficient (Wildman–Crippen LogP) is 0.595. The van der Waals surface area contributed by atoms with Crippen LogP contribution < -0.4 is 5.32 Å². The van der Waals surface area contributed by atoms with Crippen molar-refractivity contribution in [3.05, 3.63) is 0 Å². The fourth-order valence-corrected chi connectivity index (χ4v) is 2.56. The van der Waals surface area contributed by atoms with Crippen LogP contribution >= 0.6 is 34.8 Å². The Kier molecular flexibility index (Phi) is 9.69. The molecular formula is C15H20Cl3NO10. The zero-order chi connectivity index (χ0) is 22.4. The highest BCUT2D eigenvalue weighted by molar-refractivity contribution is 6.67. The van der Waals surface area contributed by atoms with Gasteiger partial charge in [-0.15, -0.1) is 0 Å². The molecule has 0 saturated carbocycles. The second-order valence-corrected chi connectivity index (χ2v) is 8.39. The van der Waals surface area contributed by atoms with E-state index in [4.69, 9.17) is 58.5 Å². The average Bonchev–Trinajstić information content (AvgIpc) is 2.55. The van der Waals surface area contributed by atoms with Crippen molar-refractivity contribution in [1.82, 2.24) is 5.32 Å². The molecule has 0 bridgehead atoms. The minimum absolute atomic E-state index is 0.424. The number of alkyl halides is 3. The molecule has 166 valence electrons. The number of rotatable bonds is 6. The number of aliphatic hydroxyl groups is 1. The van der Waals surface area contributed by atoms with Crippen LogP contribution in [0.25, 0.3) is 0 Å². The summed E-state index contributed by atoms with van der Waals surface area (Å²) in [4.78, 5) is 46.1. The largest absolute Gasteiger partial charge is 0.463 e. The maximum Gasteiger partial charge on any atom is 0.407 e. The Labute approximate surface area is 180 Å². The van der Waals surface area contributed by atoms with E-state index < -0.39 is 71.7 Å². The van der Waals surface area contributed by atoms with Crippen LogP contribution in [0, 0.1) is 0 Å². The van der Waals surface area contributed by atoms with Gasteiger partial charge in [0.2, 0.25) is 3.79 Å². The number of aliphatic hydroxyl groups excluding tert-OH is 1. The van der Waals surface area contributed by atoms with Crippen LogP contribution in [0.1, 0.15) is 20.8 Å². The molecule has 1 aliphatic heterocycles. The van der Waals surface area contributed by atoms with Gasteiger partial charge < -0.3 is 34.1 Å². The molecule has 1 amide bonds. The highest BCUT2D eigenvalue weighted by atomic mass is 35.6. The number of alkyl carbamates (subject to hydrolysis) is 1. The minimum Gasteiger partial charge on any atom is -0.463 e. The zero-order valence-corrected chi connectivity index (χ0v) is 17.8. The summed E-state index contributed by atoms with van der Waals surface area (Å²) in [5.41, 5.74) is 0. The van der Waals surface area contributed by atoms with Gasteiger partial charge in [0.15, 0.2) is 18.5 Å². The van der Waals surface area contributed by atoms with E-state index in [0.717, 1.165) is 20.8 Å². The van der Waals surface area contributed by atoms with Gasteiger partial charge in [0.05, 0.1) is 0 Å². The number of ether oxygens (including phenoxy) is 5. The van der Waals surface area contributed by atoms with Gasteiger partial charge in [0.1, 0.15) is 25.4 Å². The van der Waals surface area contributed by atoms with Crippen molar-refractivity contribution in [2.75, 3.05) is 13.2 Å². The van der Waals surface area contributed by atoms with Crippen molar-refractivity contribution >= 4 is 58.8 Å². The molecule has 0 aromatic carbocycles. The number of amides is 1. The Balaban J connectivity index is 3.06. The van der Waals surface area contributed by atoms with Crippen LogP contribution in [0.2, 0.25) is 0 Å². The van der Waals surface area contributed by atoms with E-state index in [9.17, 15) is 24.3 Å². The van der Waals surface area contributed by atoms with E-state index in [1.165, 1.54) is 0 Å². The maximum absolute atomic E-state index is 12.0. The van der Waals surface area contributed by atoms with E-state index in [0.29, 0.717) is 0 Å². The molecule has 0 radical (unpaired) electrons. The van der Waals surface area contributed by atoms with E-state index in [2.05, 4.69) is 5.32 Å². The van der Waals surface area contributed by atoms with Crippen LogP contribution in [0.5, 0.6) is 0 Å². The number of esters is 3. The summed E-state index contributed by atoms with van der Waals surface area (Å²) in [6.07, 6.45) is -6.84. The first kappa shape index (κ1) is 25.5. The van der Waals surface area contributed by atoms with E-state index >= 15 is 0 Å². The lowest BCUT2D eigenvalue weighted by Gasteiger charge is -2.43. The lowest BCUT2D eigenvalue weighted by Crippen LogP contribution is -2.66. The molecule has 11 nitrogen and oxygen atoms in total. The molecule has 1 aliphatic rings. The first-order valence-corrected chi connectivity index (χ1v) is 9.25. The lowest BCUT2D eigenvalue weighted by atomic mass is 9.96. The lowest BCUT2D eigenvalue weighted by molar-refractivity contribution is -0.264. The Morgan fingerprint density at radius 3 is 2.00 bits per heavy atom. The summed E-state index contributed by atoms with van der Waals surface area (Å²) in [5.74, 6) is -2.25. The SMILES string of the molecule is CC(=O)OCC1O[C@@H](O)C(NC(=O)OCC(Cl)(Cl)Cl)[C@@H](OC(C)=O)[C@@H]1OC(C)=O. The van der Waals surface area contributed by atoms with Crippen molar-refractivity contribution in [3.8, 4) is 0 Å². The van der Waals surface area contributed by atoms with E-state index in [1.807, 2.05) is 0 Å². The summed E-state index contributed by atoms with van der Waals surface area (Å²) < 4.78 is 23.2. The van der Waals surface area contributed by atoms with Gasteiger partial charge in [-0.1, -0.05) is 34.8 Å². The van der Waals surface area contributed by atoms with Crippen molar-refractivity contribution < 1.29 is 48.0 Å². The van der Waals surface area contributed by atoms with Gasteiger partial charge >= 0.3 is 24.0 Å². The third-order valence-corrected chi connectivity index (χ3v) is 3.70. The summed E-state index contributed by atoms with van der Waals surface area (Å²) >= 11 is 16.5. The number of hydrogen-bond acceptors (Lipinski definition) is 10. The molecule has 2 N–H and O–H groups in total. The first-order valence-electron chi connectivity index (χ1n) is 8.11. The quantitative estimate of drug-likeness (QED) is 0.314. The zero-order valence-electron chi connectivity index (χ0n) is 15.6. The standard InChI is InChI=1S/C15H20Cl3NO10/c1-6(20)25-4-9-11(27-7(2)21)12(28-8(3)22)10(13(23)29-9)19-14(24)26-5-15(16,17)18/h9-13,23H,4-5H2,1-3H3,(H,19,24)/t9?,10?,11-,12-,13-/m1/s1. The van der Waals surface area contributed by atoms with Crippen LogP contribution in [0.4, 0.5) is 4.79 Å². The molecule has 2 unspecified atom stereocenters. The smallest absolute Gasteiger partial charge is 0.407 e. The number of carbonyl (C=O) groups is 4. The van der Waals surface area contributed by atoms with Crippen LogP contribution in [-0.2, 0) is 38.1 Å². The fourth-order valence-electron chi connectivity index (χ4n) is 2.40. The molecule has 1 heterocycles. The number of carbonyl (C=O) groups excluding carboxylic acids is 4. The Morgan fingerprint density at radius 1 is 0.966 bits per heavy atom. The highest BCUT2D eigenvalue weighted by Crippen LogP contribution is 2.27. The first-order chi connectivity index (χ1) is 13.3. The molecular weight excluding hydrogens is 461 g/mol. The topological polar surface area (TPSA) is 147 Å². The number of nitrogens with one attached hydrogen (secondary N) is 1. The van der Waals surface area contributed by atoms with Crippen molar-refractivity contribution in [2.24, 2.45) is 0 Å². The van der Waals surface area contributed by atoms with Crippen molar-refractivity contribution in [2.45, 2.75) is 55.2 Å². The van der Waals surface area contributed by atoms with Gasteiger partial charge in [-0.25, -0.2) is 4.79 Å². The molecule has 0 aromatic rings. The Bertz CT molecular complexity index is 626. The summed E-state index contributed by atoms with van der Waals surface area (Å²) in [5, 5.41) is 12.5. The second kappa shape index (κ2) is 11.0. The summed E-state index contributed by atoms with van der Waals surface area (Å²) in [6.45, 7) is 2.23. The Hall–Kier alpha value is -1.53. The van der Waals surface area contributed by atoms with Crippen molar-refractivity contribution in [1.29, 1.82) is 0 Å². The summed E-state index contributed by atoms with van der Waals surface area (Å²) in [6, 6.07) is -1.43. The number of hydrogen-bond donors (Lipinski definition) is 2. The number of halogens is 3. The third-order valence-electron chi connectivity index (χ3n) is 3.37. The van der Waals surface area contributed by atoms with Gasteiger partial charge in [-0.3, -0.25) is 14.4 Å². The maximum atomic E-state index is 12.0. The molecule has 5 atom stereocenters. The third kappa shape index (κ3) is 9.22. The van der Waals surface area contributed by atoms with Gasteiger partial charge in [0.25, 0.3) is 0 Å². The Morgan fingerprint density at radius 2 is 1.52 bits per heavy atom. The fraction of sp³-hybridized carbons (Fsp3) is 0.733. The highest BCUT2D eigenvalue weighted by Gasteiger charge is 2.50. The van der Waals surface area contributed by atoms with Gasteiger partial charge in [-0.05, 0) is 0 Å². The molecule has 1 fully saturated rings. The monoisotopic (exact) mass is 479 g/mol. The summed E-state index contributed by atoms with van der Waals surface area (Å²) in [7, 11) is 0. The molecule has 29 heavy (non-hydrogen) atoms. The normalized spacial score (nSPS) is 26.8. The van der Waals surface area contributed by atoms with Crippen LogP contribution in [0.15, 0.2) is 0 Å². The minimum atomic E-state index is -1.89. The molecule has 0 spiro atoms. The van der Waals surface area contributed by atoms with Gasteiger partial charge in [0, 0.05) is 20.8 Å². The van der Waals surface area contributed by atoms with E-state index in [1.54, 1.807) is 0 Å².